The Kier molecular flexibility index (Phi) is 20.9. The summed E-state index contributed by atoms with van der Waals surface area (Å²) in [6.07, 6.45) is 14.9. The summed E-state index contributed by atoms with van der Waals surface area (Å²) < 4.78 is 0. The predicted octanol–water partition coefficient (Wildman–Crippen LogP) is 5.23. The summed E-state index contributed by atoms with van der Waals surface area (Å²) in [5.41, 5.74) is 1.07. The quantitative estimate of drug-likeness (QED) is 0.611. The molecule has 0 amide bonds. The van der Waals surface area contributed by atoms with Crippen LogP contribution in [0.2, 0.25) is 0 Å². The molecule has 0 bridgehead atoms. The van der Waals surface area contributed by atoms with Gasteiger partial charge in [-0.15, -0.1) is 39.3 Å². The van der Waals surface area contributed by atoms with Gasteiger partial charge in [0.25, 0.3) is 0 Å². The van der Waals surface area contributed by atoms with E-state index in [9.17, 15) is 0 Å². The van der Waals surface area contributed by atoms with E-state index < -0.39 is 0 Å². The number of nitrogens with zero attached hydrogens (tertiary/aromatic N) is 5. The minimum Gasteiger partial charge on any atom is -0.662 e. The van der Waals surface area contributed by atoms with Gasteiger partial charge in [-0.1, -0.05) is 70.8 Å². The molecule has 1 aromatic rings. The van der Waals surface area contributed by atoms with Crippen LogP contribution in [-0.2, 0) is 28.1 Å². The Morgan fingerprint density at radius 3 is 1.19 bits per heavy atom. The molecule has 146 valence electrons. The Morgan fingerprint density at radius 1 is 0.692 bits per heavy atom. The van der Waals surface area contributed by atoms with Crippen molar-refractivity contribution in [2.45, 2.75) is 71.1 Å². The van der Waals surface area contributed by atoms with Crippen LogP contribution < -0.4 is 5.10 Å². The van der Waals surface area contributed by atoms with Gasteiger partial charge in [-0.05, 0) is 6.42 Å². The van der Waals surface area contributed by atoms with Crippen molar-refractivity contribution in [2.24, 2.45) is 0 Å². The molecule has 3 aliphatic heterocycles. The number of aromatic nitrogens is 2. The third-order valence-corrected chi connectivity index (χ3v) is 4.28. The molecule has 3 fully saturated rings. The zero-order chi connectivity index (χ0) is 17.8. The molecule has 3 saturated heterocycles. The van der Waals surface area contributed by atoms with Crippen molar-refractivity contribution in [3.05, 3.63) is 33.9 Å². The molecule has 0 atom stereocenters. The van der Waals surface area contributed by atoms with E-state index in [1.165, 1.54) is 57.8 Å². The number of aryl methyl sites for hydroxylation is 1. The maximum atomic E-state index is 4.18. The maximum Gasteiger partial charge on any atom is 4.00 e. The molecule has 26 heavy (non-hydrogen) atoms. The molecule has 6 heteroatoms. The first-order chi connectivity index (χ1) is 12.4. The largest absolute Gasteiger partial charge is 4.00 e. The molecule has 5 nitrogen and oxygen atoms in total. The number of hydrogen-bond donors (Lipinski definition) is 0. The van der Waals surface area contributed by atoms with E-state index in [-0.39, 0.29) is 21.7 Å². The first kappa shape index (κ1) is 25.8. The average molecular weight is 395 g/mol. The van der Waals surface area contributed by atoms with Crippen LogP contribution in [0.15, 0.2) is 12.3 Å². The molecule has 0 radical (unpaired) electrons. The first-order valence-corrected chi connectivity index (χ1v) is 10.3. The second-order valence-electron chi connectivity index (χ2n) is 6.57. The van der Waals surface area contributed by atoms with Crippen molar-refractivity contribution in [3.63, 3.8) is 0 Å². The minimum atomic E-state index is 0. The van der Waals surface area contributed by atoms with Crippen LogP contribution in [0.25, 0.3) is 16.0 Å². The first-order valence-electron chi connectivity index (χ1n) is 10.3. The topological polar surface area (TPSA) is 69.3 Å². The molecule has 1 aromatic heterocycles. The summed E-state index contributed by atoms with van der Waals surface area (Å²) in [6, 6.07) is 1.92. The van der Waals surface area contributed by atoms with Gasteiger partial charge in [0, 0.05) is 5.69 Å². The van der Waals surface area contributed by atoms with Crippen LogP contribution in [0.3, 0.4) is 0 Å². The van der Waals surface area contributed by atoms with Gasteiger partial charge in [0.2, 0.25) is 0 Å². The Morgan fingerprint density at radius 2 is 1.08 bits per heavy atom. The molecule has 4 rings (SSSR count). The maximum absolute atomic E-state index is 4.18. The third kappa shape index (κ3) is 17.2. The molecule has 0 saturated carbocycles. The fraction of sp³-hybridized carbons (Fsp3) is 0.850. The van der Waals surface area contributed by atoms with E-state index >= 15 is 0 Å². The normalized spacial score (nSPS) is 19.1. The van der Waals surface area contributed by atoms with E-state index in [0.29, 0.717) is 0 Å². The van der Waals surface area contributed by atoms with Crippen molar-refractivity contribution in [2.75, 3.05) is 39.3 Å². The molecule has 0 unspecified atom stereocenters. The van der Waals surface area contributed by atoms with Gasteiger partial charge in [-0.25, -0.2) is 0 Å². The summed E-state index contributed by atoms with van der Waals surface area (Å²) in [6.45, 7) is 8.81. The molecule has 3 aliphatic rings. The van der Waals surface area contributed by atoms with Crippen molar-refractivity contribution >= 4 is 0 Å². The van der Waals surface area contributed by atoms with Gasteiger partial charge >= 0.3 is 21.7 Å². The van der Waals surface area contributed by atoms with Gasteiger partial charge in [0.05, 0.1) is 0 Å². The van der Waals surface area contributed by atoms with Crippen molar-refractivity contribution in [1.29, 1.82) is 0 Å². The molecular weight excluding hydrogens is 358 g/mol. The summed E-state index contributed by atoms with van der Waals surface area (Å²) in [7, 11) is 0. The smallest absolute Gasteiger partial charge is 0.662 e. The van der Waals surface area contributed by atoms with Gasteiger partial charge in [-0.2, -0.15) is 6.20 Å². The van der Waals surface area contributed by atoms with Crippen LogP contribution in [0.5, 0.6) is 0 Å². The monoisotopic (exact) mass is 395 g/mol. The standard InChI is InChI=1S/C5H7N2.3C5H10N.Ti/c1-2-5-3-4-6-7-5;3*1-2-4-6-5-3-1;/h3-4H,2H2,1H3;3*1-5H2;/q4*-1;+4. The van der Waals surface area contributed by atoms with Crippen molar-refractivity contribution in [1.82, 2.24) is 10.2 Å². The van der Waals surface area contributed by atoms with Gasteiger partial charge in [0.15, 0.2) is 0 Å². The zero-order valence-electron chi connectivity index (χ0n) is 16.7. The van der Waals surface area contributed by atoms with Crippen LogP contribution in [0, 0.1) is 0 Å². The molecule has 0 N–H and O–H groups in total. The Labute approximate surface area is 176 Å². The van der Waals surface area contributed by atoms with Crippen LogP contribution in [0.4, 0.5) is 0 Å². The van der Waals surface area contributed by atoms with E-state index in [4.69, 9.17) is 0 Å². The summed E-state index contributed by atoms with van der Waals surface area (Å²) in [5, 5.41) is 20.0. The molecule has 0 aromatic carbocycles. The second-order valence-corrected chi connectivity index (χ2v) is 6.57. The van der Waals surface area contributed by atoms with E-state index in [2.05, 4.69) is 33.1 Å². The minimum absolute atomic E-state index is 0. The number of piperidine rings is 3. The summed E-state index contributed by atoms with van der Waals surface area (Å²) >= 11 is 0. The van der Waals surface area contributed by atoms with E-state index in [0.717, 1.165) is 51.4 Å². The molecule has 0 aliphatic carbocycles. The number of rotatable bonds is 1. The Bertz CT molecular complexity index is 284. The average Bonchev–Trinajstić information content (AvgIpc) is 3.27. The van der Waals surface area contributed by atoms with E-state index in [1.807, 2.05) is 6.07 Å². The third-order valence-electron chi connectivity index (χ3n) is 4.28. The molecule has 4 heterocycles. The van der Waals surface area contributed by atoms with Crippen LogP contribution >= 0.6 is 0 Å². The van der Waals surface area contributed by atoms with Gasteiger partial charge in [-0.3, -0.25) is 0 Å². The van der Waals surface area contributed by atoms with Crippen molar-refractivity contribution < 1.29 is 21.7 Å². The van der Waals surface area contributed by atoms with E-state index in [1.54, 1.807) is 6.20 Å². The van der Waals surface area contributed by atoms with Gasteiger partial charge < -0.3 is 26.1 Å². The van der Waals surface area contributed by atoms with Gasteiger partial charge in [0.1, 0.15) is 0 Å². The summed E-state index contributed by atoms with van der Waals surface area (Å²) in [5.74, 6) is 0. The van der Waals surface area contributed by atoms with Crippen molar-refractivity contribution in [3.8, 4) is 0 Å². The fourth-order valence-electron chi connectivity index (χ4n) is 2.66. The number of hydrogen-bond acceptors (Lipinski definition) is 1. The zero-order valence-corrected chi connectivity index (χ0v) is 18.3. The fourth-order valence-corrected chi connectivity index (χ4v) is 2.66. The molecular formula is C20H37N5Ti. The predicted molar refractivity (Wildman–Crippen MR) is 108 cm³/mol. The Hall–Kier alpha value is -0.196. The summed E-state index contributed by atoms with van der Waals surface area (Å²) in [4.78, 5) is 0. The Balaban J connectivity index is 0.000000317. The van der Waals surface area contributed by atoms with Crippen LogP contribution in [0.1, 0.15) is 70.4 Å². The SMILES string of the molecule is C1CC[N-]CC1.C1CC[N-]CC1.C1CC[N-]CC1.CCc1cc[n-]n1.[Ti+4]. The second kappa shape index (κ2) is 21.1. The molecule has 0 spiro atoms. The van der Waals surface area contributed by atoms with Crippen LogP contribution in [-0.4, -0.2) is 44.4 Å².